The molecule has 0 spiro atoms. The van der Waals surface area contributed by atoms with Crippen molar-refractivity contribution in [3.63, 3.8) is 0 Å². The Labute approximate surface area is 111 Å². The van der Waals surface area contributed by atoms with Crippen molar-refractivity contribution in [2.75, 3.05) is 23.9 Å². The van der Waals surface area contributed by atoms with E-state index in [2.05, 4.69) is 40.4 Å². The Morgan fingerprint density at radius 2 is 1.94 bits per heavy atom. The molecule has 0 bridgehead atoms. The normalized spacial score (nSPS) is 11.5. The molecule has 0 radical (unpaired) electrons. The molecular weight excluding hydrogens is 258 g/mol. The average Bonchev–Trinajstić information content (AvgIpc) is 2.30. The number of nitrogens with zero attached hydrogens (tertiary/aromatic N) is 3. The lowest BCUT2D eigenvalue weighted by molar-refractivity contribution is 0.573. The summed E-state index contributed by atoms with van der Waals surface area (Å²) in [4.78, 5) is 11.7. The van der Waals surface area contributed by atoms with Gasteiger partial charge in [-0.25, -0.2) is 0 Å². The van der Waals surface area contributed by atoms with E-state index in [0.29, 0.717) is 5.95 Å². The van der Waals surface area contributed by atoms with E-state index < -0.39 is 0 Å². The molecule has 0 unspecified atom stereocenters. The smallest absolute Gasteiger partial charge is 0.228 e. The van der Waals surface area contributed by atoms with Crippen LogP contribution in [0.1, 0.15) is 26.7 Å². The van der Waals surface area contributed by atoms with Gasteiger partial charge in [-0.3, -0.25) is 0 Å². The van der Waals surface area contributed by atoms with Crippen LogP contribution in [-0.4, -0.2) is 32.5 Å². The molecule has 0 aliphatic rings. The predicted octanol–water partition coefficient (Wildman–Crippen LogP) is 2.44. The summed E-state index contributed by atoms with van der Waals surface area (Å²) in [6.07, 6.45) is 4.27. The number of nitrogen functional groups attached to an aromatic ring is 1. The number of rotatable bonds is 6. The molecule has 0 aliphatic heterocycles. The van der Waals surface area contributed by atoms with Gasteiger partial charge in [0.15, 0.2) is 0 Å². The summed E-state index contributed by atoms with van der Waals surface area (Å²) in [5, 5.41) is 3.29. The zero-order chi connectivity index (χ0) is 12.9. The Hall–Kier alpha value is -0.750. The van der Waals surface area contributed by atoms with Crippen molar-refractivity contribution >= 4 is 35.3 Å². The van der Waals surface area contributed by atoms with Crippen molar-refractivity contribution in [2.45, 2.75) is 31.4 Å². The van der Waals surface area contributed by atoms with Gasteiger partial charge in [0.1, 0.15) is 0 Å². The van der Waals surface area contributed by atoms with Gasteiger partial charge in [-0.05, 0) is 30.7 Å². The quantitative estimate of drug-likeness (QED) is 0.830. The van der Waals surface area contributed by atoms with Gasteiger partial charge in [0, 0.05) is 11.3 Å². The first-order valence-corrected chi connectivity index (χ1v) is 7.11. The molecule has 1 aromatic rings. The minimum absolute atomic E-state index is 0.114. The second-order valence-electron chi connectivity index (χ2n) is 3.73. The van der Waals surface area contributed by atoms with E-state index in [1.807, 2.05) is 11.8 Å². The van der Waals surface area contributed by atoms with Crippen LogP contribution < -0.4 is 11.1 Å². The third-order valence-electron chi connectivity index (χ3n) is 2.92. The van der Waals surface area contributed by atoms with Crippen LogP contribution >= 0.6 is 23.4 Å². The highest BCUT2D eigenvalue weighted by atomic mass is 35.5. The summed E-state index contributed by atoms with van der Waals surface area (Å²) in [6, 6.07) is 0. The highest BCUT2D eigenvalue weighted by molar-refractivity contribution is 8.00. The molecule has 0 aromatic carbocycles. The van der Waals surface area contributed by atoms with Gasteiger partial charge >= 0.3 is 0 Å². The summed E-state index contributed by atoms with van der Waals surface area (Å²) in [5.74, 6) is 0.568. The van der Waals surface area contributed by atoms with Gasteiger partial charge in [0.2, 0.25) is 17.2 Å². The largest absolute Gasteiger partial charge is 0.368 e. The van der Waals surface area contributed by atoms with Crippen LogP contribution in [0, 0.1) is 0 Å². The SMILES string of the molecule is CCC(CC)(CNc1nc(N)nc(Cl)n1)SC. The van der Waals surface area contributed by atoms with E-state index in [0.717, 1.165) is 19.4 Å². The molecule has 0 atom stereocenters. The third-order valence-corrected chi connectivity index (χ3v) is 4.67. The van der Waals surface area contributed by atoms with Crippen LogP contribution in [0.3, 0.4) is 0 Å². The van der Waals surface area contributed by atoms with Crippen molar-refractivity contribution < 1.29 is 0 Å². The van der Waals surface area contributed by atoms with E-state index in [4.69, 9.17) is 17.3 Å². The lowest BCUT2D eigenvalue weighted by atomic mass is 10.0. The third kappa shape index (κ3) is 3.89. The molecule has 1 aromatic heterocycles. The second-order valence-corrected chi connectivity index (χ2v) is 5.35. The Kier molecular flexibility index (Phi) is 5.27. The molecular formula is C10H18ClN5S. The molecule has 0 fully saturated rings. The Morgan fingerprint density at radius 3 is 2.41 bits per heavy atom. The zero-order valence-electron chi connectivity index (χ0n) is 10.3. The molecule has 0 saturated heterocycles. The molecule has 5 nitrogen and oxygen atoms in total. The topological polar surface area (TPSA) is 76.7 Å². The first-order chi connectivity index (χ1) is 8.05. The van der Waals surface area contributed by atoms with Gasteiger partial charge in [-0.1, -0.05) is 13.8 Å². The Morgan fingerprint density at radius 1 is 1.29 bits per heavy atom. The van der Waals surface area contributed by atoms with Crippen LogP contribution in [0.15, 0.2) is 0 Å². The number of nitrogens with two attached hydrogens (primary N) is 1. The highest BCUT2D eigenvalue weighted by Gasteiger charge is 2.24. The monoisotopic (exact) mass is 275 g/mol. The molecule has 0 aliphatic carbocycles. The summed E-state index contributed by atoms with van der Waals surface area (Å²) in [5.41, 5.74) is 5.50. The average molecular weight is 276 g/mol. The van der Waals surface area contributed by atoms with Gasteiger partial charge in [0.25, 0.3) is 0 Å². The molecule has 7 heteroatoms. The number of aromatic nitrogens is 3. The van der Waals surface area contributed by atoms with Gasteiger partial charge in [-0.15, -0.1) is 0 Å². The number of thioether (sulfide) groups is 1. The van der Waals surface area contributed by atoms with Crippen molar-refractivity contribution in [3.05, 3.63) is 5.28 Å². The van der Waals surface area contributed by atoms with E-state index in [1.54, 1.807) is 0 Å². The van der Waals surface area contributed by atoms with Crippen LogP contribution in [0.5, 0.6) is 0 Å². The Balaban J connectivity index is 2.71. The van der Waals surface area contributed by atoms with E-state index in [9.17, 15) is 0 Å². The summed E-state index contributed by atoms with van der Waals surface area (Å²) < 4.78 is 0.188. The molecule has 1 rings (SSSR count). The summed E-state index contributed by atoms with van der Waals surface area (Å²) >= 11 is 7.56. The maximum atomic E-state index is 5.71. The van der Waals surface area contributed by atoms with E-state index >= 15 is 0 Å². The first-order valence-electron chi connectivity index (χ1n) is 5.51. The minimum atomic E-state index is 0.114. The maximum Gasteiger partial charge on any atom is 0.228 e. The van der Waals surface area contributed by atoms with Gasteiger partial charge < -0.3 is 11.1 Å². The lowest BCUT2D eigenvalue weighted by Crippen LogP contribution is -2.32. The number of hydrogen-bond donors (Lipinski definition) is 2. The van der Waals surface area contributed by atoms with E-state index in [1.165, 1.54) is 0 Å². The minimum Gasteiger partial charge on any atom is -0.368 e. The summed E-state index contributed by atoms with van der Waals surface area (Å²) in [6.45, 7) is 5.13. The van der Waals surface area contributed by atoms with Crippen LogP contribution in [-0.2, 0) is 0 Å². The fourth-order valence-corrected chi connectivity index (χ4v) is 2.51. The fraction of sp³-hybridized carbons (Fsp3) is 0.700. The van der Waals surface area contributed by atoms with Crippen molar-refractivity contribution in [1.82, 2.24) is 15.0 Å². The number of hydrogen-bond acceptors (Lipinski definition) is 6. The molecule has 0 amide bonds. The molecule has 96 valence electrons. The number of halogens is 1. The number of nitrogens with one attached hydrogen (secondary N) is 1. The van der Waals surface area contributed by atoms with Crippen molar-refractivity contribution in [3.8, 4) is 0 Å². The molecule has 1 heterocycles. The standard InChI is InChI=1S/C10H18ClN5S/c1-4-10(5-2,17-3)6-13-9-15-7(11)14-8(12)16-9/h4-6H2,1-3H3,(H3,12,13,14,15,16). The highest BCUT2D eigenvalue weighted by Crippen LogP contribution is 2.30. The molecule has 17 heavy (non-hydrogen) atoms. The fourth-order valence-electron chi connectivity index (χ4n) is 1.55. The van der Waals surface area contributed by atoms with Crippen molar-refractivity contribution in [1.29, 1.82) is 0 Å². The predicted molar refractivity (Wildman–Crippen MR) is 74.6 cm³/mol. The molecule has 0 saturated carbocycles. The summed E-state index contributed by atoms with van der Waals surface area (Å²) in [7, 11) is 0. The lowest BCUT2D eigenvalue weighted by Gasteiger charge is -2.29. The number of anilines is 2. The van der Waals surface area contributed by atoms with Gasteiger partial charge in [0.05, 0.1) is 0 Å². The maximum absolute atomic E-state index is 5.71. The first kappa shape index (κ1) is 14.3. The van der Waals surface area contributed by atoms with Crippen LogP contribution in [0.25, 0.3) is 0 Å². The second kappa shape index (κ2) is 6.26. The van der Waals surface area contributed by atoms with Crippen molar-refractivity contribution in [2.24, 2.45) is 0 Å². The van der Waals surface area contributed by atoms with Crippen LogP contribution in [0.2, 0.25) is 5.28 Å². The zero-order valence-corrected chi connectivity index (χ0v) is 11.9. The van der Waals surface area contributed by atoms with Gasteiger partial charge in [-0.2, -0.15) is 26.7 Å². The Bertz CT molecular complexity index is 341. The van der Waals surface area contributed by atoms with Crippen LogP contribution in [0.4, 0.5) is 11.9 Å². The van der Waals surface area contributed by atoms with E-state index in [-0.39, 0.29) is 16.0 Å². The molecule has 3 N–H and O–H groups in total.